The Bertz CT molecular complexity index is 272. The molecule has 1 heterocycles. The monoisotopic (exact) mass is 228 g/mol. The van der Waals surface area contributed by atoms with E-state index in [9.17, 15) is 9.59 Å². The number of ether oxygens (including phenoxy) is 1. The SMILES string of the molecule is CCC1(C(=O)NC(C)C(=O)OC)CCNC1. The first-order valence-electron chi connectivity index (χ1n) is 5.65. The summed E-state index contributed by atoms with van der Waals surface area (Å²) in [6.45, 7) is 5.17. The van der Waals surface area contributed by atoms with Gasteiger partial charge in [-0.25, -0.2) is 4.79 Å². The molecule has 1 aliphatic heterocycles. The van der Waals surface area contributed by atoms with Crippen LogP contribution < -0.4 is 10.6 Å². The summed E-state index contributed by atoms with van der Waals surface area (Å²) in [7, 11) is 1.32. The maximum Gasteiger partial charge on any atom is 0.328 e. The van der Waals surface area contributed by atoms with Crippen LogP contribution in [0, 0.1) is 5.41 Å². The predicted molar refractivity (Wildman–Crippen MR) is 59.8 cm³/mol. The molecule has 1 amide bonds. The second-order valence-electron chi connectivity index (χ2n) is 4.28. The lowest BCUT2D eigenvalue weighted by atomic mass is 9.83. The lowest BCUT2D eigenvalue weighted by Crippen LogP contribution is -2.48. The minimum Gasteiger partial charge on any atom is -0.467 e. The number of esters is 1. The fourth-order valence-corrected chi connectivity index (χ4v) is 1.99. The van der Waals surface area contributed by atoms with Crippen LogP contribution in [0.15, 0.2) is 0 Å². The van der Waals surface area contributed by atoms with Gasteiger partial charge in [0.25, 0.3) is 0 Å². The number of carbonyl (C=O) groups is 2. The second kappa shape index (κ2) is 5.30. The molecule has 1 saturated heterocycles. The smallest absolute Gasteiger partial charge is 0.328 e. The molecule has 92 valence electrons. The quantitative estimate of drug-likeness (QED) is 0.667. The van der Waals surface area contributed by atoms with Gasteiger partial charge in [0.15, 0.2) is 0 Å². The van der Waals surface area contributed by atoms with Crippen LogP contribution in [0.25, 0.3) is 0 Å². The molecule has 1 aliphatic rings. The molecule has 0 aliphatic carbocycles. The zero-order valence-electron chi connectivity index (χ0n) is 10.1. The number of carbonyl (C=O) groups excluding carboxylic acids is 2. The van der Waals surface area contributed by atoms with Crippen molar-refractivity contribution < 1.29 is 14.3 Å². The first-order chi connectivity index (χ1) is 7.55. The number of methoxy groups -OCH3 is 1. The van der Waals surface area contributed by atoms with Gasteiger partial charge in [-0.3, -0.25) is 4.79 Å². The van der Waals surface area contributed by atoms with Crippen molar-refractivity contribution >= 4 is 11.9 Å². The highest BCUT2D eigenvalue weighted by Gasteiger charge is 2.40. The van der Waals surface area contributed by atoms with E-state index >= 15 is 0 Å². The molecule has 1 rings (SSSR count). The third kappa shape index (κ3) is 2.52. The molecule has 16 heavy (non-hydrogen) atoms. The van der Waals surface area contributed by atoms with Gasteiger partial charge in [0.2, 0.25) is 5.91 Å². The number of hydrogen-bond acceptors (Lipinski definition) is 4. The largest absolute Gasteiger partial charge is 0.467 e. The average molecular weight is 228 g/mol. The summed E-state index contributed by atoms with van der Waals surface area (Å²) < 4.78 is 4.57. The average Bonchev–Trinajstić information content (AvgIpc) is 2.77. The molecule has 2 N–H and O–H groups in total. The van der Waals surface area contributed by atoms with Crippen LogP contribution in [0.4, 0.5) is 0 Å². The van der Waals surface area contributed by atoms with Gasteiger partial charge in [-0.05, 0) is 26.3 Å². The summed E-state index contributed by atoms with van der Waals surface area (Å²) in [4.78, 5) is 23.3. The van der Waals surface area contributed by atoms with Crippen molar-refractivity contribution in [3.05, 3.63) is 0 Å². The number of nitrogens with one attached hydrogen (secondary N) is 2. The Balaban J connectivity index is 2.60. The van der Waals surface area contributed by atoms with Crippen LogP contribution in [0.5, 0.6) is 0 Å². The zero-order valence-corrected chi connectivity index (χ0v) is 10.1. The molecule has 5 nitrogen and oxygen atoms in total. The molecule has 0 aromatic rings. The molecule has 2 unspecified atom stereocenters. The molecule has 0 spiro atoms. The fraction of sp³-hybridized carbons (Fsp3) is 0.818. The highest BCUT2D eigenvalue weighted by Crippen LogP contribution is 2.29. The van der Waals surface area contributed by atoms with Crippen LogP contribution in [0.1, 0.15) is 26.7 Å². The topological polar surface area (TPSA) is 67.4 Å². The van der Waals surface area contributed by atoms with Crippen molar-refractivity contribution in [2.45, 2.75) is 32.7 Å². The Kier molecular flexibility index (Phi) is 4.29. The van der Waals surface area contributed by atoms with E-state index < -0.39 is 12.0 Å². The van der Waals surface area contributed by atoms with E-state index in [1.165, 1.54) is 7.11 Å². The van der Waals surface area contributed by atoms with Crippen LogP contribution in [-0.2, 0) is 14.3 Å². The summed E-state index contributed by atoms with van der Waals surface area (Å²) in [5.74, 6) is -0.469. The van der Waals surface area contributed by atoms with Crippen molar-refractivity contribution in [2.24, 2.45) is 5.41 Å². The Morgan fingerprint density at radius 3 is 2.69 bits per heavy atom. The van der Waals surface area contributed by atoms with Gasteiger partial charge in [0.1, 0.15) is 6.04 Å². The number of rotatable bonds is 4. The molecule has 5 heteroatoms. The highest BCUT2D eigenvalue weighted by atomic mass is 16.5. The molecule has 0 saturated carbocycles. The van der Waals surface area contributed by atoms with Gasteiger partial charge in [0.05, 0.1) is 12.5 Å². The molecule has 2 atom stereocenters. The molecule has 1 fully saturated rings. The van der Waals surface area contributed by atoms with E-state index in [2.05, 4.69) is 15.4 Å². The minimum absolute atomic E-state index is 0.0575. The maximum atomic E-state index is 12.1. The van der Waals surface area contributed by atoms with Crippen LogP contribution in [0.3, 0.4) is 0 Å². The first-order valence-corrected chi connectivity index (χ1v) is 5.65. The summed E-state index contributed by atoms with van der Waals surface area (Å²) in [6.07, 6.45) is 1.60. The fourth-order valence-electron chi connectivity index (χ4n) is 1.99. The van der Waals surface area contributed by atoms with Crippen molar-refractivity contribution in [2.75, 3.05) is 20.2 Å². The van der Waals surface area contributed by atoms with E-state index in [1.54, 1.807) is 6.92 Å². The van der Waals surface area contributed by atoms with Crippen LogP contribution in [0.2, 0.25) is 0 Å². The Hall–Kier alpha value is -1.10. The lowest BCUT2D eigenvalue weighted by Gasteiger charge is -2.26. The van der Waals surface area contributed by atoms with E-state index in [0.717, 1.165) is 19.4 Å². The molecule has 0 aromatic carbocycles. The van der Waals surface area contributed by atoms with Crippen molar-refractivity contribution in [1.82, 2.24) is 10.6 Å². The van der Waals surface area contributed by atoms with Gasteiger partial charge >= 0.3 is 5.97 Å². The van der Waals surface area contributed by atoms with Crippen molar-refractivity contribution in [3.8, 4) is 0 Å². The first kappa shape index (κ1) is 13.0. The van der Waals surface area contributed by atoms with Crippen LogP contribution in [-0.4, -0.2) is 38.1 Å². The van der Waals surface area contributed by atoms with Gasteiger partial charge < -0.3 is 15.4 Å². The summed E-state index contributed by atoms with van der Waals surface area (Å²) >= 11 is 0. The van der Waals surface area contributed by atoms with E-state index in [0.29, 0.717) is 6.54 Å². The summed E-state index contributed by atoms with van der Waals surface area (Å²) in [6, 6.07) is -0.582. The number of hydrogen-bond donors (Lipinski definition) is 2. The standard InChI is InChI=1S/C11H20N2O3/c1-4-11(5-6-12-7-11)10(15)13-8(2)9(14)16-3/h8,12H,4-7H2,1-3H3,(H,13,15). The normalized spacial score (nSPS) is 26.2. The Morgan fingerprint density at radius 1 is 1.56 bits per heavy atom. The van der Waals surface area contributed by atoms with E-state index in [4.69, 9.17) is 0 Å². The maximum absolute atomic E-state index is 12.1. The van der Waals surface area contributed by atoms with Gasteiger partial charge in [0, 0.05) is 6.54 Å². The predicted octanol–water partition coefficient (Wildman–Crippen LogP) is 0.0538. The molecular formula is C11H20N2O3. The molecular weight excluding hydrogens is 208 g/mol. The van der Waals surface area contributed by atoms with E-state index in [1.807, 2.05) is 6.92 Å². The molecule has 0 radical (unpaired) electrons. The second-order valence-corrected chi connectivity index (χ2v) is 4.28. The Labute approximate surface area is 95.9 Å². The molecule has 0 bridgehead atoms. The number of amides is 1. The third-order valence-electron chi connectivity index (χ3n) is 3.30. The summed E-state index contributed by atoms with van der Waals surface area (Å²) in [5, 5.41) is 5.90. The third-order valence-corrected chi connectivity index (χ3v) is 3.30. The van der Waals surface area contributed by atoms with Gasteiger partial charge in [-0.1, -0.05) is 6.92 Å². The molecule has 0 aromatic heterocycles. The van der Waals surface area contributed by atoms with Crippen LogP contribution >= 0.6 is 0 Å². The minimum atomic E-state index is -0.582. The summed E-state index contributed by atoms with van der Waals surface area (Å²) in [5.41, 5.74) is -0.359. The van der Waals surface area contributed by atoms with Crippen molar-refractivity contribution in [1.29, 1.82) is 0 Å². The van der Waals surface area contributed by atoms with Gasteiger partial charge in [-0.2, -0.15) is 0 Å². The Morgan fingerprint density at radius 2 is 2.25 bits per heavy atom. The van der Waals surface area contributed by atoms with Gasteiger partial charge in [-0.15, -0.1) is 0 Å². The highest BCUT2D eigenvalue weighted by molar-refractivity contribution is 5.88. The zero-order chi connectivity index (χ0) is 12.2. The van der Waals surface area contributed by atoms with Crippen molar-refractivity contribution in [3.63, 3.8) is 0 Å². The lowest BCUT2D eigenvalue weighted by molar-refractivity contribution is -0.146. The van der Waals surface area contributed by atoms with E-state index in [-0.39, 0.29) is 11.3 Å².